The van der Waals surface area contributed by atoms with Gasteiger partial charge in [0, 0.05) is 44.0 Å². The van der Waals surface area contributed by atoms with Gasteiger partial charge in [0.15, 0.2) is 0 Å². The summed E-state index contributed by atoms with van der Waals surface area (Å²) < 4.78 is 16.7. The number of fused-ring (bicyclic) bond motifs is 1. The van der Waals surface area contributed by atoms with E-state index in [2.05, 4.69) is 35.8 Å². The molecule has 0 atom stereocenters. The van der Waals surface area contributed by atoms with Gasteiger partial charge in [-0.2, -0.15) is 0 Å². The number of carbonyl (C=O) groups excluding carboxylic acids is 1. The molecule has 4 rings (SSSR count). The van der Waals surface area contributed by atoms with Crippen LogP contribution in [0.15, 0.2) is 48.5 Å². The lowest BCUT2D eigenvalue weighted by Gasteiger charge is -2.38. The van der Waals surface area contributed by atoms with Gasteiger partial charge in [0.2, 0.25) is 0 Å². The molecule has 2 aliphatic heterocycles. The molecule has 2 heterocycles. The number of methoxy groups -OCH3 is 1. The van der Waals surface area contributed by atoms with Crippen molar-refractivity contribution in [3.8, 4) is 11.5 Å². The van der Waals surface area contributed by atoms with Gasteiger partial charge < -0.3 is 19.1 Å². The first-order valence-corrected chi connectivity index (χ1v) is 11.2. The van der Waals surface area contributed by atoms with Gasteiger partial charge >= 0.3 is 5.97 Å². The molecule has 0 N–H and O–H groups in total. The zero-order valence-electron chi connectivity index (χ0n) is 19.4. The molecule has 32 heavy (non-hydrogen) atoms. The molecule has 2 aromatic carbocycles. The minimum absolute atomic E-state index is 0.270. The highest BCUT2D eigenvalue weighted by atomic mass is 16.5. The molecule has 6 nitrogen and oxygen atoms in total. The summed E-state index contributed by atoms with van der Waals surface area (Å²) in [5, 5.41) is 0. The Labute approximate surface area is 190 Å². The first kappa shape index (κ1) is 22.2. The minimum Gasteiger partial charge on any atom is -0.497 e. The van der Waals surface area contributed by atoms with Gasteiger partial charge in [-0.05, 0) is 74.9 Å². The van der Waals surface area contributed by atoms with Crippen LogP contribution in [0.3, 0.4) is 0 Å². The molecule has 0 spiro atoms. The molecule has 0 bridgehead atoms. The van der Waals surface area contributed by atoms with Crippen molar-refractivity contribution in [2.24, 2.45) is 0 Å². The van der Waals surface area contributed by atoms with E-state index in [1.54, 1.807) is 7.11 Å². The topological polar surface area (TPSA) is 51.2 Å². The summed E-state index contributed by atoms with van der Waals surface area (Å²) in [6.45, 7) is 11.1. The average Bonchev–Trinajstić information content (AvgIpc) is 2.79. The summed E-state index contributed by atoms with van der Waals surface area (Å²) >= 11 is 0. The van der Waals surface area contributed by atoms with E-state index < -0.39 is 0 Å². The Kier molecular flexibility index (Phi) is 6.42. The summed E-state index contributed by atoms with van der Waals surface area (Å²) in [5.74, 6) is 1.48. The fraction of sp³-hybridized carbons (Fsp3) is 0.423. The second-order valence-electron chi connectivity index (χ2n) is 8.77. The van der Waals surface area contributed by atoms with Gasteiger partial charge in [0.05, 0.1) is 19.3 Å². The number of carbonyl (C=O) groups is 1. The van der Waals surface area contributed by atoms with Gasteiger partial charge in [0.25, 0.3) is 0 Å². The second-order valence-corrected chi connectivity index (χ2v) is 8.77. The summed E-state index contributed by atoms with van der Waals surface area (Å²) in [4.78, 5) is 16.7. The van der Waals surface area contributed by atoms with E-state index in [9.17, 15) is 4.79 Å². The van der Waals surface area contributed by atoms with E-state index in [1.807, 2.05) is 43.3 Å². The Morgan fingerprint density at radius 3 is 2.44 bits per heavy atom. The maximum absolute atomic E-state index is 11.9. The molecule has 0 aromatic heterocycles. The van der Waals surface area contributed by atoms with E-state index >= 15 is 0 Å². The number of rotatable bonds is 6. The number of esters is 1. The van der Waals surface area contributed by atoms with Crippen molar-refractivity contribution in [2.45, 2.75) is 26.4 Å². The van der Waals surface area contributed by atoms with Crippen molar-refractivity contribution >= 4 is 17.2 Å². The predicted octanol–water partition coefficient (Wildman–Crippen LogP) is 4.25. The Balaban J connectivity index is 1.41. The molecular formula is C26H32N2O4. The van der Waals surface area contributed by atoms with Crippen molar-refractivity contribution in [3.05, 3.63) is 59.7 Å². The number of nitrogens with zero attached hydrogens (tertiary/aromatic N) is 2. The molecule has 2 aliphatic rings. The molecule has 2 aromatic rings. The summed E-state index contributed by atoms with van der Waals surface area (Å²) in [7, 11) is 1.69. The lowest BCUT2D eigenvalue weighted by atomic mass is 9.94. The van der Waals surface area contributed by atoms with E-state index in [0.29, 0.717) is 12.2 Å². The predicted molar refractivity (Wildman–Crippen MR) is 127 cm³/mol. The van der Waals surface area contributed by atoms with E-state index in [4.69, 9.17) is 14.2 Å². The lowest BCUT2D eigenvalue weighted by molar-refractivity contribution is 0.0526. The molecule has 0 saturated carbocycles. The highest BCUT2D eigenvalue weighted by molar-refractivity contribution is 5.89. The van der Waals surface area contributed by atoms with Crippen LogP contribution >= 0.6 is 0 Å². The third kappa shape index (κ3) is 4.91. The molecular weight excluding hydrogens is 404 g/mol. The molecule has 6 heteroatoms. The number of hydrogen-bond donors (Lipinski definition) is 0. The van der Waals surface area contributed by atoms with Crippen molar-refractivity contribution < 1.29 is 19.0 Å². The van der Waals surface area contributed by atoms with Crippen molar-refractivity contribution in [2.75, 3.05) is 51.3 Å². The van der Waals surface area contributed by atoms with Crippen LogP contribution in [0.2, 0.25) is 0 Å². The molecule has 1 saturated heterocycles. The fourth-order valence-electron chi connectivity index (χ4n) is 4.34. The summed E-state index contributed by atoms with van der Waals surface area (Å²) in [6, 6.07) is 13.7. The van der Waals surface area contributed by atoms with E-state index in [1.165, 1.54) is 5.57 Å². The number of benzene rings is 2. The number of anilines is 1. The van der Waals surface area contributed by atoms with Gasteiger partial charge in [-0.1, -0.05) is 0 Å². The number of piperazine rings is 1. The molecule has 170 valence electrons. The first-order chi connectivity index (χ1) is 15.4. The van der Waals surface area contributed by atoms with Crippen LogP contribution in [-0.2, 0) is 4.74 Å². The van der Waals surface area contributed by atoms with Crippen LogP contribution in [0, 0.1) is 0 Å². The second kappa shape index (κ2) is 9.25. The summed E-state index contributed by atoms with van der Waals surface area (Å²) in [6.07, 6.45) is 2.23. The third-order valence-corrected chi connectivity index (χ3v) is 5.94. The standard InChI is InChI=1S/C26H32N2O4/c1-5-31-25(29)19-6-8-21(9-7-19)28-14-12-27(13-15-28)18-20-17-26(2,3)32-24-11-10-22(30-4)16-23(20)24/h6-11,16-17H,5,12-15,18H2,1-4H3. The highest BCUT2D eigenvalue weighted by Gasteiger charge is 2.28. The smallest absolute Gasteiger partial charge is 0.338 e. The zero-order valence-corrected chi connectivity index (χ0v) is 19.4. The molecule has 0 aliphatic carbocycles. The first-order valence-electron chi connectivity index (χ1n) is 11.2. The minimum atomic E-state index is -0.334. The number of hydrogen-bond acceptors (Lipinski definition) is 6. The van der Waals surface area contributed by atoms with Gasteiger partial charge in [-0.25, -0.2) is 4.79 Å². The Bertz CT molecular complexity index is 989. The Hall–Kier alpha value is -2.99. The average molecular weight is 437 g/mol. The lowest BCUT2D eigenvalue weighted by Crippen LogP contribution is -2.47. The molecule has 0 amide bonds. The van der Waals surface area contributed by atoms with Crippen LogP contribution in [0.1, 0.15) is 36.7 Å². The van der Waals surface area contributed by atoms with E-state index in [0.717, 1.165) is 55.5 Å². The Morgan fingerprint density at radius 2 is 1.78 bits per heavy atom. The van der Waals surface area contributed by atoms with Crippen LogP contribution in [0.4, 0.5) is 5.69 Å². The summed E-state index contributed by atoms with van der Waals surface area (Å²) in [5.41, 5.74) is 3.79. The number of ether oxygens (including phenoxy) is 3. The van der Waals surface area contributed by atoms with Crippen LogP contribution in [0.5, 0.6) is 11.5 Å². The molecule has 0 unspecified atom stereocenters. The fourth-order valence-corrected chi connectivity index (χ4v) is 4.34. The quantitative estimate of drug-likeness (QED) is 0.631. The SMILES string of the molecule is CCOC(=O)c1ccc(N2CCN(CC3=CC(C)(C)Oc4ccc(OC)cc43)CC2)cc1. The van der Waals surface area contributed by atoms with Crippen molar-refractivity contribution in [1.29, 1.82) is 0 Å². The van der Waals surface area contributed by atoms with Gasteiger partial charge in [-0.3, -0.25) is 4.90 Å². The maximum Gasteiger partial charge on any atom is 0.338 e. The van der Waals surface area contributed by atoms with Crippen LogP contribution < -0.4 is 14.4 Å². The molecule has 0 radical (unpaired) electrons. The highest BCUT2D eigenvalue weighted by Crippen LogP contribution is 2.38. The van der Waals surface area contributed by atoms with Gasteiger partial charge in [-0.15, -0.1) is 0 Å². The maximum atomic E-state index is 11.9. The van der Waals surface area contributed by atoms with Crippen molar-refractivity contribution in [3.63, 3.8) is 0 Å². The monoisotopic (exact) mass is 436 g/mol. The van der Waals surface area contributed by atoms with Crippen LogP contribution in [0.25, 0.3) is 5.57 Å². The normalized spacial score (nSPS) is 17.8. The third-order valence-electron chi connectivity index (χ3n) is 5.94. The largest absolute Gasteiger partial charge is 0.497 e. The Morgan fingerprint density at radius 1 is 1.06 bits per heavy atom. The zero-order chi connectivity index (χ0) is 22.7. The van der Waals surface area contributed by atoms with Crippen LogP contribution in [-0.4, -0.2) is 62.9 Å². The van der Waals surface area contributed by atoms with E-state index in [-0.39, 0.29) is 11.6 Å². The van der Waals surface area contributed by atoms with Gasteiger partial charge in [0.1, 0.15) is 17.1 Å². The molecule has 1 fully saturated rings. The van der Waals surface area contributed by atoms with Crippen molar-refractivity contribution in [1.82, 2.24) is 4.90 Å².